The van der Waals surface area contributed by atoms with Gasteiger partial charge in [0.05, 0.1) is 25.8 Å². The van der Waals surface area contributed by atoms with Crippen LogP contribution >= 0.6 is 9.12 Å². The number of carboxylic acids is 1. The van der Waals surface area contributed by atoms with Crippen LogP contribution in [0.1, 0.15) is 198 Å². The fourth-order valence-electron chi connectivity index (χ4n) is 6.33. The van der Waals surface area contributed by atoms with E-state index in [0.29, 0.717) is 56.6 Å². The van der Waals surface area contributed by atoms with Gasteiger partial charge in [-0.3, -0.25) is 19.2 Å². The number of nitrogens with zero attached hydrogens (tertiary/aromatic N) is 1. The van der Waals surface area contributed by atoms with Crippen molar-refractivity contribution in [1.82, 2.24) is 26.3 Å². The number of amides is 5. The van der Waals surface area contributed by atoms with E-state index < -0.39 is 82.5 Å². The number of carbonyl (C=O) groups is 8. The van der Waals surface area contributed by atoms with Gasteiger partial charge >= 0.3 is 51.0 Å². The molecule has 0 bridgehead atoms. The Labute approximate surface area is 490 Å². The molecule has 6 atom stereocenters. The van der Waals surface area contributed by atoms with Gasteiger partial charge in [-0.15, -0.1) is 0 Å². The van der Waals surface area contributed by atoms with Gasteiger partial charge in [0, 0.05) is 20.3 Å². The second-order valence-corrected chi connectivity index (χ2v) is 25.4. The van der Waals surface area contributed by atoms with Crippen molar-refractivity contribution in [2.24, 2.45) is 23.7 Å². The fourth-order valence-corrected chi connectivity index (χ4v) is 6.33. The number of aliphatic carboxylic acids is 1. The summed E-state index contributed by atoms with van der Waals surface area (Å²) in [6.45, 7) is 47.1. The number of carboxylic acid groups (broad SMARTS) is 1. The molecular formula is C57H111BN5O17P. The second kappa shape index (κ2) is 41.3. The van der Waals surface area contributed by atoms with Crippen LogP contribution in [0.3, 0.4) is 0 Å². The SMILES string of the molecule is C.C1CCOC1.C=C(C)C(=O)[C@H](CC(C)C)NC(=O)OC(C)(C)C.CC(C)C[C@H](NC(=O)OC(C)(C)C)C(=O)O.CC(C)C[C@H](NC(=O)OC(C)(C)C)C(=O)[C@@]1(C)CO1.CON(C)C(=O)[C@H](CC(C)C)NC(=O)OC(C)(C)C.O=BP. The van der Waals surface area contributed by atoms with Crippen molar-refractivity contribution in [3.05, 3.63) is 12.2 Å². The number of hydrogen-bond acceptors (Lipinski definition) is 16. The Bertz CT molecular complexity index is 1890. The van der Waals surface area contributed by atoms with Gasteiger partial charge in [-0.05, 0) is 165 Å². The number of Topliss-reactive ketones (excluding diaryl/α,β-unsaturated/α-hetero) is 2. The van der Waals surface area contributed by atoms with Crippen LogP contribution < -0.4 is 21.3 Å². The Kier molecular flexibility index (Phi) is 43.4. The predicted octanol–water partition coefficient (Wildman–Crippen LogP) is 10.6. The molecule has 0 aromatic heterocycles. The molecule has 2 saturated heterocycles. The minimum absolute atomic E-state index is 0. The van der Waals surface area contributed by atoms with E-state index in [1.807, 2.05) is 64.5 Å². The summed E-state index contributed by atoms with van der Waals surface area (Å²) < 4.78 is 39.4. The molecule has 2 heterocycles. The molecule has 0 radical (unpaired) electrons. The van der Waals surface area contributed by atoms with Crippen LogP contribution in [-0.4, -0.2) is 151 Å². The van der Waals surface area contributed by atoms with Crippen LogP contribution in [0.25, 0.3) is 0 Å². The molecule has 0 aliphatic carbocycles. The molecule has 2 aliphatic heterocycles. The van der Waals surface area contributed by atoms with Crippen molar-refractivity contribution >= 4 is 63.8 Å². The number of ketones is 2. The van der Waals surface area contributed by atoms with Crippen molar-refractivity contribution in [1.29, 1.82) is 0 Å². The summed E-state index contributed by atoms with van der Waals surface area (Å²) in [5.41, 5.74) is -2.65. The first kappa shape index (κ1) is 85.1. The van der Waals surface area contributed by atoms with Gasteiger partial charge in [0.15, 0.2) is 11.6 Å². The molecule has 1 unspecified atom stereocenters. The number of carbonyl (C=O) groups excluding carboxylic acids is 7. The zero-order chi connectivity index (χ0) is 63.7. The summed E-state index contributed by atoms with van der Waals surface area (Å²) >= 11 is 0. The normalized spacial score (nSPS) is 15.8. The second-order valence-electron chi connectivity index (χ2n) is 25.2. The zero-order valence-electron chi connectivity index (χ0n) is 53.3. The molecule has 2 rings (SSSR count). The molecule has 5 N–H and O–H groups in total. The van der Waals surface area contributed by atoms with Crippen molar-refractivity contribution in [2.75, 3.05) is 34.0 Å². The maximum absolute atomic E-state index is 12.3. The van der Waals surface area contributed by atoms with Gasteiger partial charge in [0.25, 0.3) is 5.91 Å². The topological polar surface area (TPSA) is 293 Å². The van der Waals surface area contributed by atoms with E-state index in [1.54, 1.807) is 96.9 Å². The van der Waals surface area contributed by atoms with Crippen LogP contribution in [-0.2, 0) is 57.1 Å². The minimum atomic E-state index is -1.04. The number of rotatable bonds is 19. The van der Waals surface area contributed by atoms with Crippen LogP contribution in [0.4, 0.5) is 19.2 Å². The quantitative estimate of drug-likeness (QED) is 0.0201. The maximum atomic E-state index is 12.3. The Morgan fingerprint density at radius 3 is 1.12 bits per heavy atom. The Morgan fingerprint density at radius 1 is 0.605 bits per heavy atom. The summed E-state index contributed by atoms with van der Waals surface area (Å²) in [5, 5.41) is 20.2. The summed E-state index contributed by atoms with van der Waals surface area (Å²) in [7, 11) is 4.81. The van der Waals surface area contributed by atoms with E-state index >= 15 is 0 Å². The molecule has 2 aliphatic rings. The van der Waals surface area contributed by atoms with Gasteiger partial charge < -0.3 is 54.8 Å². The molecular weight excluding hydrogens is 1070 g/mol. The molecule has 81 heavy (non-hydrogen) atoms. The number of ether oxygens (including phenoxy) is 6. The molecule has 5 amide bonds. The van der Waals surface area contributed by atoms with E-state index in [2.05, 4.69) is 27.8 Å². The van der Waals surface area contributed by atoms with Crippen molar-refractivity contribution in [3.63, 3.8) is 0 Å². The first-order valence-corrected chi connectivity index (χ1v) is 28.0. The summed E-state index contributed by atoms with van der Waals surface area (Å²) in [5.74, 6) is -0.520. The van der Waals surface area contributed by atoms with E-state index in [-0.39, 0.29) is 36.7 Å². The van der Waals surface area contributed by atoms with Gasteiger partial charge in [-0.1, -0.05) is 69.4 Å². The number of nitrogens with one attached hydrogen (secondary N) is 4. The molecule has 0 aromatic carbocycles. The average Bonchev–Trinajstić information content (AvgIpc) is 3.69. The van der Waals surface area contributed by atoms with E-state index in [9.17, 15) is 38.4 Å². The third-order valence-corrected chi connectivity index (χ3v) is 9.75. The van der Waals surface area contributed by atoms with Crippen molar-refractivity contribution in [3.8, 4) is 0 Å². The summed E-state index contributed by atoms with van der Waals surface area (Å²) in [6, 6.07) is -2.66. The van der Waals surface area contributed by atoms with E-state index in [0.717, 1.165) is 18.3 Å². The van der Waals surface area contributed by atoms with Crippen LogP contribution in [0.2, 0.25) is 0 Å². The Balaban J connectivity index is -0.000000301. The van der Waals surface area contributed by atoms with Gasteiger partial charge in [0.2, 0.25) is 0 Å². The predicted molar refractivity (Wildman–Crippen MR) is 320 cm³/mol. The molecule has 22 nitrogen and oxygen atoms in total. The fraction of sp³-hybridized carbons (Fsp3) is 0.825. The van der Waals surface area contributed by atoms with Crippen molar-refractivity contribution in [2.45, 2.75) is 250 Å². The molecule has 0 saturated carbocycles. The summed E-state index contributed by atoms with van der Waals surface area (Å²) in [4.78, 5) is 98.5. The van der Waals surface area contributed by atoms with Gasteiger partial charge in [-0.2, -0.15) is 0 Å². The Morgan fingerprint density at radius 2 is 0.877 bits per heavy atom. The Hall–Kier alpha value is -4.73. The molecule has 0 aromatic rings. The number of hydrogen-bond donors (Lipinski definition) is 5. The van der Waals surface area contributed by atoms with Gasteiger partial charge in [0.1, 0.15) is 40.1 Å². The molecule has 2 fully saturated rings. The monoisotopic (exact) mass is 1180 g/mol. The number of epoxide rings is 1. The van der Waals surface area contributed by atoms with Crippen LogP contribution in [0.5, 0.6) is 0 Å². The van der Waals surface area contributed by atoms with E-state index in [1.165, 1.54) is 27.0 Å². The number of likely N-dealkylation sites (N-methyl/N-ethyl adjacent to an activating group) is 1. The summed E-state index contributed by atoms with van der Waals surface area (Å²) in [6.07, 6.45) is 2.19. The van der Waals surface area contributed by atoms with Crippen molar-refractivity contribution < 1.29 is 81.4 Å². The molecule has 0 spiro atoms. The molecule has 474 valence electrons. The van der Waals surface area contributed by atoms with Crippen LogP contribution in [0, 0.1) is 23.7 Å². The average molecular weight is 1180 g/mol. The van der Waals surface area contributed by atoms with Crippen LogP contribution in [0.15, 0.2) is 12.2 Å². The first-order chi connectivity index (χ1) is 36.2. The molecule has 24 heteroatoms. The van der Waals surface area contributed by atoms with E-state index in [4.69, 9.17) is 43.1 Å². The van der Waals surface area contributed by atoms with Gasteiger partial charge in [-0.25, -0.2) is 29.0 Å². The number of hydroxylamine groups is 2. The first-order valence-electron chi connectivity index (χ1n) is 27.3. The third kappa shape index (κ3) is 50.7. The number of alkyl carbamates (subject to hydrolysis) is 4. The zero-order valence-corrected chi connectivity index (χ0v) is 54.4. The standard InChI is InChI=1S/C14H25NO4.C14H25NO3.C13H26N2O4.C11H21NO4.C4H8O.CH4.BH2OP/c1-9(2)7-10(11(16)14(6)8-18-14)15-12(17)19-13(3,4)5;1-9(2)8-11(12(16)10(3)4)15-13(17)18-14(5,6)7;1-9(2)8-10(11(16)15(6)18-7)14-12(17)19-13(3,4)5;1-7(2)6-8(9(13)14)12-10(15)16-11(3,4)5;1-2-4-5-3-1;;2-1-3/h9-10H,7-8H2,1-6H3,(H,15,17);9,11H,3,8H2,1-2,4-7H3,(H,15,17);9-10H,8H2,1-7H3,(H,14,17);7-8H,6H2,1-5H3,(H,12,15)(H,13,14);1-4H2;1H4;3H2/t10-,14+;11-;10-;8-;;;/m0000.../s1. The third-order valence-electron chi connectivity index (χ3n) is 9.75.